The van der Waals surface area contributed by atoms with E-state index in [0.717, 1.165) is 5.57 Å². The number of esters is 1. The third-order valence-electron chi connectivity index (χ3n) is 1.45. The molecule has 3 heteroatoms. The van der Waals surface area contributed by atoms with Gasteiger partial charge in [-0.25, -0.2) is 0 Å². The number of ether oxygens (including phenoxy) is 1. The first-order chi connectivity index (χ1) is 6.74. The molecule has 0 fully saturated rings. The van der Waals surface area contributed by atoms with Crippen LogP contribution in [0.3, 0.4) is 0 Å². The largest absolute Gasteiger partial charge is 0.466 e. The van der Waals surface area contributed by atoms with Gasteiger partial charge < -0.3 is 10.1 Å². The molecule has 14 heavy (non-hydrogen) atoms. The highest BCUT2D eigenvalue weighted by atomic mass is 16.5. The topological polar surface area (TPSA) is 38.3 Å². The van der Waals surface area contributed by atoms with Crippen LogP contribution in [-0.2, 0) is 9.53 Å². The predicted molar refractivity (Wildman–Crippen MR) is 57.7 cm³/mol. The van der Waals surface area contributed by atoms with E-state index in [9.17, 15) is 4.79 Å². The number of carbonyl (C=O) groups is 1. The lowest BCUT2D eigenvalue weighted by Gasteiger charge is -2.01. The Kier molecular flexibility index (Phi) is 7.23. The molecule has 0 bridgehead atoms. The average Bonchev–Trinajstić information content (AvgIpc) is 2.15. The molecule has 0 aromatic heterocycles. The van der Waals surface area contributed by atoms with E-state index in [0.29, 0.717) is 6.61 Å². The Morgan fingerprint density at radius 2 is 2.29 bits per heavy atom. The minimum atomic E-state index is -0.221. The molecule has 0 saturated carbocycles. The lowest BCUT2D eigenvalue weighted by atomic mass is 10.1. The zero-order valence-electron chi connectivity index (χ0n) is 8.75. The predicted octanol–water partition coefficient (Wildman–Crippen LogP) is 1.79. The summed E-state index contributed by atoms with van der Waals surface area (Å²) in [6.45, 7) is 5.78. The maximum absolute atomic E-state index is 11.1. The van der Waals surface area contributed by atoms with Gasteiger partial charge in [0.25, 0.3) is 0 Å². The first-order valence-electron chi connectivity index (χ1n) is 4.55. The smallest absolute Gasteiger partial charge is 0.310 e. The van der Waals surface area contributed by atoms with Crippen LogP contribution in [0.4, 0.5) is 0 Å². The summed E-state index contributed by atoms with van der Waals surface area (Å²) < 4.78 is 4.83. The van der Waals surface area contributed by atoms with Crippen LogP contribution in [0.15, 0.2) is 36.6 Å². The van der Waals surface area contributed by atoms with Gasteiger partial charge in [0.1, 0.15) is 0 Å². The van der Waals surface area contributed by atoms with Crippen molar-refractivity contribution < 1.29 is 9.53 Å². The second kappa shape index (κ2) is 8.10. The van der Waals surface area contributed by atoms with Crippen molar-refractivity contribution >= 4 is 5.97 Å². The minimum Gasteiger partial charge on any atom is -0.466 e. The standard InChI is InChI=1S/C11H17NO2/c1-4-6-10(7-8-12-3)9-11(13)14-5-2/h4,6-8,12H,1,5,9H2,2-3H3. The van der Waals surface area contributed by atoms with Crippen LogP contribution in [-0.4, -0.2) is 19.6 Å². The summed E-state index contributed by atoms with van der Waals surface area (Å²) >= 11 is 0. The molecule has 0 aromatic rings. The fraction of sp³-hybridized carbons (Fsp3) is 0.364. The zero-order chi connectivity index (χ0) is 10.8. The maximum atomic E-state index is 11.1. The van der Waals surface area contributed by atoms with Gasteiger partial charge in [-0.1, -0.05) is 18.7 Å². The van der Waals surface area contributed by atoms with Gasteiger partial charge in [-0.05, 0) is 24.8 Å². The Morgan fingerprint density at radius 1 is 1.57 bits per heavy atom. The zero-order valence-corrected chi connectivity index (χ0v) is 8.75. The molecule has 0 atom stereocenters. The van der Waals surface area contributed by atoms with Crippen LogP contribution in [0.1, 0.15) is 13.3 Å². The molecule has 0 aliphatic carbocycles. The molecule has 78 valence electrons. The summed E-state index contributed by atoms with van der Waals surface area (Å²) in [5.41, 5.74) is 0.868. The molecule has 0 rings (SSSR count). The Bertz CT molecular complexity index is 242. The van der Waals surface area contributed by atoms with Crippen LogP contribution in [0, 0.1) is 0 Å². The quantitative estimate of drug-likeness (QED) is 0.518. The number of carbonyl (C=O) groups excluding carboxylic acids is 1. The third-order valence-corrected chi connectivity index (χ3v) is 1.45. The van der Waals surface area contributed by atoms with Crippen LogP contribution < -0.4 is 5.32 Å². The molecule has 0 amide bonds. The summed E-state index contributed by atoms with van der Waals surface area (Å²) in [6, 6.07) is 0. The van der Waals surface area contributed by atoms with Crippen molar-refractivity contribution in [2.75, 3.05) is 13.7 Å². The van der Waals surface area contributed by atoms with Crippen molar-refractivity contribution in [3.05, 3.63) is 36.6 Å². The van der Waals surface area contributed by atoms with Gasteiger partial charge in [-0.3, -0.25) is 4.79 Å². The van der Waals surface area contributed by atoms with E-state index in [1.54, 1.807) is 32.3 Å². The number of nitrogens with one attached hydrogen (secondary N) is 1. The van der Waals surface area contributed by atoms with Crippen molar-refractivity contribution in [1.82, 2.24) is 5.32 Å². The van der Waals surface area contributed by atoms with E-state index in [2.05, 4.69) is 11.9 Å². The van der Waals surface area contributed by atoms with E-state index >= 15 is 0 Å². The molecule has 0 radical (unpaired) electrons. The molecule has 3 nitrogen and oxygen atoms in total. The van der Waals surface area contributed by atoms with Crippen LogP contribution in [0.5, 0.6) is 0 Å². The molecule has 0 aliphatic rings. The highest BCUT2D eigenvalue weighted by Gasteiger charge is 2.02. The van der Waals surface area contributed by atoms with Gasteiger partial charge in [-0.15, -0.1) is 0 Å². The summed E-state index contributed by atoms with van der Waals surface area (Å²) in [5, 5.41) is 2.85. The Morgan fingerprint density at radius 3 is 2.79 bits per heavy atom. The molecule has 0 spiro atoms. The summed E-state index contributed by atoms with van der Waals surface area (Å²) in [4.78, 5) is 11.1. The first kappa shape index (κ1) is 12.5. The molecule has 0 aromatic carbocycles. The van der Waals surface area contributed by atoms with Crippen LogP contribution >= 0.6 is 0 Å². The van der Waals surface area contributed by atoms with E-state index in [1.165, 1.54) is 0 Å². The SMILES string of the molecule is C=CC=C(C=CNC)CC(=O)OCC. The first-order valence-corrected chi connectivity index (χ1v) is 4.55. The maximum Gasteiger partial charge on any atom is 0.310 e. The molecule has 0 saturated heterocycles. The molecular weight excluding hydrogens is 178 g/mol. The Hall–Kier alpha value is -1.51. The van der Waals surface area contributed by atoms with Gasteiger partial charge in [0, 0.05) is 7.05 Å². The highest BCUT2D eigenvalue weighted by molar-refractivity contribution is 5.73. The van der Waals surface area contributed by atoms with Gasteiger partial charge >= 0.3 is 5.97 Å². The fourth-order valence-corrected chi connectivity index (χ4v) is 0.894. The Labute approximate surface area is 85.1 Å². The molecule has 0 aliphatic heterocycles. The highest BCUT2D eigenvalue weighted by Crippen LogP contribution is 2.04. The third kappa shape index (κ3) is 6.06. The normalized spacial score (nSPS) is 11.4. The van der Waals surface area contributed by atoms with Gasteiger partial charge in [0.15, 0.2) is 0 Å². The second-order valence-electron chi connectivity index (χ2n) is 2.58. The summed E-state index contributed by atoms with van der Waals surface area (Å²) in [6.07, 6.45) is 7.28. The fourth-order valence-electron chi connectivity index (χ4n) is 0.894. The van der Waals surface area contributed by atoms with Gasteiger partial charge in [-0.2, -0.15) is 0 Å². The summed E-state index contributed by atoms with van der Waals surface area (Å²) in [7, 11) is 1.80. The number of hydrogen-bond donors (Lipinski definition) is 1. The monoisotopic (exact) mass is 195 g/mol. The number of allylic oxidation sites excluding steroid dienone is 3. The van der Waals surface area contributed by atoms with Crippen molar-refractivity contribution in [3.8, 4) is 0 Å². The molecule has 0 unspecified atom stereocenters. The van der Waals surface area contributed by atoms with E-state index in [4.69, 9.17) is 4.74 Å². The van der Waals surface area contributed by atoms with Crippen molar-refractivity contribution in [2.24, 2.45) is 0 Å². The molecule has 1 N–H and O–H groups in total. The summed E-state index contributed by atoms with van der Waals surface area (Å²) in [5.74, 6) is -0.221. The second-order valence-corrected chi connectivity index (χ2v) is 2.58. The number of rotatable bonds is 6. The molecule has 0 heterocycles. The average molecular weight is 195 g/mol. The van der Waals surface area contributed by atoms with Gasteiger partial charge in [0.2, 0.25) is 0 Å². The van der Waals surface area contributed by atoms with Crippen LogP contribution in [0.2, 0.25) is 0 Å². The number of hydrogen-bond acceptors (Lipinski definition) is 3. The lowest BCUT2D eigenvalue weighted by molar-refractivity contribution is -0.142. The van der Waals surface area contributed by atoms with Crippen molar-refractivity contribution in [2.45, 2.75) is 13.3 Å². The van der Waals surface area contributed by atoms with Crippen LogP contribution in [0.25, 0.3) is 0 Å². The van der Waals surface area contributed by atoms with Crippen molar-refractivity contribution in [3.63, 3.8) is 0 Å². The molecular formula is C11H17NO2. The van der Waals surface area contributed by atoms with Crippen molar-refractivity contribution in [1.29, 1.82) is 0 Å². The van der Waals surface area contributed by atoms with E-state index in [1.807, 2.05) is 6.08 Å². The van der Waals surface area contributed by atoms with E-state index < -0.39 is 0 Å². The van der Waals surface area contributed by atoms with E-state index in [-0.39, 0.29) is 12.4 Å². The Balaban J connectivity index is 4.23. The lowest BCUT2D eigenvalue weighted by Crippen LogP contribution is -2.04. The minimum absolute atomic E-state index is 0.221. The van der Waals surface area contributed by atoms with Gasteiger partial charge in [0.05, 0.1) is 13.0 Å².